The summed E-state index contributed by atoms with van der Waals surface area (Å²) in [5.41, 5.74) is 1.60. The van der Waals surface area contributed by atoms with E-state index in [1.165, 1.54) is 0 Å². The Morgan fingerprint density at radius 3 is 2.53 bits per heavy atom. The normalized spacial score (nSPS) is 20.9. The lowest BCUT2D eigenvalue weighted by molar-refractivity contribution is -0.139. The molecule has 4 amide bonds. The van der Waals surface area contributed by atoms with E-state index in [0.717, 1.165) is 6.42 Å². The van der Waals surface area contributed by atoms with Gasteiger partial charge in [0.05, 0.1) is 28.3 Å². The SMILES string of the molecule is CCCNC(=O)N1CCN(CC2=C(C(=O)OCC)[C@H](c3ccc(Cl)c(Cl)c3)NC(=O)N2CC)C[C@@H]1C. The molecule has 3 rings (SSSR count). The van der Waals surface area contributed by atoms with E-state index in [-0.39, 0.29) is 24.7 Å². The van der Waals surface area contributed by atoms with Gasteiger partial charge >= 0.3 is 18.0 Å². The van der Waals surface area contributed by atoms with Crippen LogP contribution in [0, 0.1) is 0 Å². The van der Waals surface area contributed by atoms with Crippen molar-refractivity contribution in [1.82, 2.24) is 25.3 Å². The maximum atomic E-state index is 13.3. The van der Waals surface area contributed by atoms with Crippen molar-refractivity contribution in [3.05, 3.63) is 45.1 Å². The monoisotopic (exact) mass is 539 g/mol. The highest BCUT2D eigenvalue weighted by Gasteiger charge is 2.39. The fraction of sp³-hybridized carbons (Fsp3) is 0.560. The third-order valence-corrected chi connectivity index (χ3v) is 7.14. The Morgan fingerprint density at radius 2 is 1.92 bits per heavy atom. The molecule has 36 heavy (non-hydrogen) atoms. The first kappa shape index (κ1) is 28.1. The van der Waals surface area contributed by atoms with E-state index < -0.39 is 12.0 Å². The van der Waals surface area contributed by atoms with Crippen LogP contribution in [-0.4, -0.2) is 84.6 Å². The highest BCUT2D eigenvalue weighted by Crippen LogP contribution is 2.35. The number of halogens is 2. The molecule has 11 heteroatoms. The summed E-state index contributed by atoms with van der Waals surface area (Å²) in [5, 5.41) is 6.58. The van der Waals surface area contributed by atoms with Crippen LogP contribution in [-0.2, 0) is 9.53 Å². The van der Waals surface area contributed by atoms with E-state index in [1.807, 2.05) is 25.7 Å². The number of ether oxygens (including phenoxy) is 1. The first-order chi connectivity index (χ1) is 17.2. The number of rotatable bonds is 8. The third-order valence-electron chi connectivity index (χ3n) is 6.40. The fourth-order valence-electron chi connectivity index (χ4n) is 4.62. The average Bonchev–Trinajstić information content (AvgIpc) is 2.84. The van der Waals surface area contributed by atoms with E-state index >= 15 is 0 Å². The molecule has 2 atom stereocenters. The van der Waals surface area contributed by atoms with Crippen LogP contribution in [0.3, 0.4) is 0 Å². The minimum absolute atomic E-state index is 0.0272. The van der Waals surface area contributed by atoms with Crippen LogP contribution in [0.2, 0.25) is 10.0 Å². The van der Waals surface area contributed by atoms with Crippen LogP contribution in [0.15, 0.2) is 29.5 Å². The van der Waals surface area contributed by atoms with Crippen LogP contribution < -0.4 is 10.6 Å². The third kappa shape index (κ3) is 6.25. The Kier molecular flexibility index (Phi) is 9.87. The van der Waals surface area contributed by atoms with Gasteiger partial charge in [0.25, 0.3) is 0 Å². The van der Waals surface area contributed by atoms with Crippen molar-refractivity contribution >= 4 is 41.2 Å². The second-order valence-corrected chi connectivity index (χ2v) is 9.71. The predicted molar refractivity (Wildman–Crippen MR) is 140 cm³/mol. The zero-order valence-corrected chi connectivity index (χ0v) is 22.8. The fourth-order valence-corrected chi connectivity index (χ4v) is 4.93. The van der Waals surface area contributed by atoms with Crippen LogP contribution >= 0.6 is 23.2 Å². The van der Waals surface area contributed by atoms with Crippen molar-refractivity contribution in [3.8, 4) is 0 Å². The minimum atomic E-state index is -0.734. The molecule has 198 valence electrons. The Balaban J connectivity index is 1.95. The summed E-state index contributed by atoms with van der Waals surface area (Å²) in [6.07, 6.45) is 0.875. The van der Waals surface area contributed by atoms with Crippen molar-refractivity contribution in [3.63, 3.8) is 0 Å². The molecular formula is C25H35Cl2N5O4. The molecule has 0 aliphatic carbocycles. The molecule has 9 nitrogen and oxygen atoms in total. The van der Waals surface area contributed by atoms with Crippen molar-refractivity contribution in [2.24, 2.45) is 0 Å². The van der Waals surface area contributed by atoms with Crippen molar-refractivity contribution in [2.45, 2.75) is 46.2 Å². The minimum Gasteiger partial charge on any atom is -0.463 e. The molecule has 0 aromatic heterocycles. The average molecular weight is 540 g/mol. The van der Waals surface area contributed by atoms with Gasteiger partial charge in [-0.2, -0.15) is 0 Å². The van der Waals surface area contributed by atoms with E-state index in [2.05, 4.69) is 15.5 Å². The van der Waals surface area contributed by atoms with Crippen molar-refractivity contribution < 1.29 is 19.1 Å². The van der Waals surface area contributed by atoms with Crippen LogP contribution in [0.5, 0.6) is 0 Å². The van der Waals surface area contributed by atoms with Gasteiger partial charge in [-0.05, 0) is 44.9 Å². The predicted octanol–water partition coefficient (Wildman–Crippen LogP) is 4.02. The zero-order valence-electron chi connectivity index (χ0n) is 21.3. The summed E-state index contributed by atoms with van der Waals surface area (Å²) < 4.78 is 5.43. The summed E-state index contributed by atoms with van der Waals surface area (Å²) in [6.45, 7) is 11.0. The number of amides is 4. The smallest absolute Gasteiger partial charge is 0.338 e. The lowest BCUT2D eigenvalue weighted by atomic mass is 9.94. The highest BCUT2D eigenvalue weighted by molar-refractivity contribution is 6.42. The number of urea groups is 2. The molecule has 2 aliphatic heterocycles. The summed E-state index contributed by atoms with van der Waals surface area (Å²) in [5.74, 6) is -0.493. The highest BCUT2D eigenvalue weighted by atomic mass is 35.5. The lowest BCUT2D eigenvalue weighted by Crippen LogP contribution is -2.58. The van der Waals surface area contributed by atoms with E-state index in [9.17, 15) is 14.4 Å². The number of carbonyl (C=O) groups excluding carboxylic acids is 3. The summed E-state index contributed by atoms with van der Waals surface area (Å²) in [4.78, 5) is 44.5. The number of esters is 1. The standard InChI is InChI=1S/C25H35Cl2N5O4/c1-5-10-28-24(34)32-12-11-30(14-16(32)4)15-20-21(23(33)36-7-3)22(29-25(35)31(20)6-2)17-8-9-18(26)19(27)13-17/h8-9,13,16,22H,5-7,10-12,14-15H2,1-4H3,(H,28,34)(H,29,35)/t16-,22-/m0/s1. The van der Waals surface area contributed by atoms with Crippen LogP contribution in [0.1, 0.15) is 45.7 Å². The van der Waals surface area contributed by atoms with Crippen LogP contribution in [0.25, 0.3) is 0 Å². The molecule has 0 saturated carbocycles. The molecule has 0 spiro atoms. The van der Waals surface area contributed by atoms with Gasteiger partial charge < -0.3 is 20.3 Å². The number of benzene rings is 1. The van der Waals surface area contributed by atoms with Gasteiger partial charge in [0, 0.05) is 51.0 Å². The number of hydrogen-bond acceptors (Lipinski definition) is 5. The summed E-state index contributed by atoms with van der Waals surface area (Å²) in [7, 11) is 0. The van der Waals surface area contributed by atoms with E-state index in [4.69, 9.17) is 27.9 Å². The van der Waals surface area contributed by atoms with Gasteiger partial charge in [-0.3, -0.25) is 9.80 Å². The molecule has 1 saturated heterocycles. The first-order valence-corrected chi connectivity index (χ1v) is 13.2. The van der Waals surface area contributed by atoms with Gasteiger partial charge in [0.1, 0.15) is 0 Å². The molecular weight excluding hydrogens is 505 g/mol. The topological polar surface area (TPSA) is 94.2 Å². The number of hydrogen-bond donors (Lipinski definition) is 2. The number of nitrogens with one attached hydrogen (secondary N) is 2. The van der Waals surface area contributed by atoms with Crippen molar-refractivity contribution in [2.75, 3.05) is 45.9 Å². The molecule has 0 radical (unpaired) electrons. The molecule has 1 aromatic rings. The second-order valence-electron chi connectivity index (χ2n) is 8.89. The van der Waals surface area contributed by atoms with Gasteiger partial charge in [-0.25, -0.2) is 14.4 Å². The molecule has 2 heterocycles. The second kappa shape index (κ2) is 12.7. The quantitative estimate of drug-likeness (QED) is 0.486. The molecule has 1 aromatic carbocycles. The Labute approximate surface area is 222 Å². The molecule has 0 bridgehead atoms. The number of nitrogens with zero attached hydrogens (tertiary/aromatic N) is 3. The van der Waals surface area contributed by atoms with Gasteiger partial charge in [-0.15, -0.1) is 0 Å². The zero-order chi connectivity index (χ0) is 26.4. The van der Waals surface area contributed by atoms with E-state index in [0.29, 0.717) is 66.1 Å². The maximum absolute atomic E-state index is 13.3. The van der Waals surface area contributed by atoms with Crippen LogP contribution in [0.4, 0.5) is 9.59 Å². The lowest BCUT2D eigenvalue weighted by Gasteiger charge is -2.42. The summed E-state index contributed by atoms with van der Waals surface area (Å²) >= 11 is 12.4. The number of piperazine rings is 1. The van der Waals surface area contributed by atoms with E-state index in [1.54, 1.807) is 30.0 Å². The van der Waals surface area contributed by atoms with Gasteiger partial charge in [0.15, 0.2) is 0 Å². The number of likely N-dealkylation sites (N-methyl/N-ethyl adjacent to an activating group) is 1. The maximum Gasteiger partial charge on any atom is 0.338 e. The Hall–Kier alpha value is -2.49. The molecule has 0 unspecified atom stereocenters. The first-order valence-electron chi connectivity index (χ1n) is 12.4. The van der Waals surface area contributed by atoms with Gasteiger partial charge in [0.2, 0.25) is 0 Å². The molecule has 1 fully saturated rings. The molecule has 2 aliphatic rings. The largest absolute Gasteiger partial charge is 0.463 e. The number of carbonyl (C=O) groups is 3. The molecule has 2 N–H and O–H groups in total. The summed E-state index contributed by atoms with van der Waals surface area (Å²) in [6, 6.07) is 3.91. The van der Waals surface area contributed by atoms with Gasteiger partial charge in [-0.1, -0.05) is 36.2 Å². The Bertz CT molecular complexity index is 1020. The van der Waals surface area contributed by atoms with Crippen molar-refractivity contribution in [1.29, 1.82) is 0 Å². The Morgan fingerprint density at radius 1 is 1.17 bits per heavy atom.